The van der Waals surface area contributed by atoms with Gasteiger partial charge in [-0.15, -0.1) is 0 Å². The highest BCUT2D eigenvalue weighted by atomic mass is 15.2. The topological polar surface area (TPSA) is 15.3 Å². The van der Waals surface area contributed by atoms with Crippen LogP contribution in [0.3, 0.4) is 0 Å². The van der Waals surface area contributed by atoms with Crippen molar-refractivity contribution in [2.75, 3.05) is 26.2 Å². The molecule has 66 valence electrons. The molecule has 0 amide bonds. The number of hydrogen-bond acceptors (Lipinski definition) is 2. The van der Waals surface area contributed by atoms with Crippen molar-refractivity contribution >= 4 is 0 Å². The molecule has 1 aromatic carbocycles. The van der Waals surface area contributed by atoms with E-state index in [0.717, 1.165) is 19.6 Å². The Kier molecular flexibility index (Phi) is 2.49. The van der Waals surface area contributed by atoms with Crippen molar-refractivity contribution in [3.63, 3.8) is 0 Å². The Balaban J connectivity index is 1.86. The maximum Gasteiger partial charge on any atom is 0.00993 e. The first-order valence-corrected chi connectivity index (χ1v) is 4.59. The number of piperazine rings is 1. The Bertz CT molecular complexity index is 210. The van der Waals surface area contributed by atoms with Crippen LogP contribution in [0.4, 0.5) is 0 Å². The molecule has 1 aliphatic heterocycles. The lowest BCUT2D eigenvalue weighted by molar-refractivity contribution is 0.233. The number of nitrogens with one attached hydrogen (secondary N) is 1. The van der Waals surface area contributed by atoms with Crippen molar-refractivity contribution in [3.8, 4) is 0 Å². The minimum absolute atomic E-state index is 1.12. The van der Waals surface area contributed by atoms with E-state index in [0.29, 0.717) is 0 Å². The van der Waals surface area contributed by atoms with Gasteiger partial charge in [0.2, 0.25) is 0 Å². The van der Waals surface area contributed by atoms with Crippen LogP contribution in [0.1, 0.15) is 5.56 Å². The van der Waals surface area contributed by atoms with E-state index < -0.39 is 0 Å². The monoisotopic (exact) mass is 163 g/mol. The summed E-state index contributed by atoms with van der Waals surface area (Å²) < 4.78 is 0. The molecule has 1 aromatic rings. The van der Waals surface area contributed by atoms with Gasteiger partial charge in [0, 0.05) is 26.2 Å². The second-order valence-corrected chi connectivity index (χ2v) is 3.32. The van der Waals surface area contributed by atoms with E-state index in [9.17, 15) is 0 Å². The molecule has 1 aliphatic rings. The zero-order valence-electron chi connectivity index (χ0n) is 7.29. The average molecular weight is 163 g/mol. The number of nitrogens with zero attached hydrogens (tertiary/aromatic N) is 1. The summed E-state index contributed by atoms with van der Waals surface area (Å²) in [7, 11) is 0. The smallest absolute Gasteiger partial charge is 0.00993 e. The van der Waals surface area contributed by atoms with E-state index >= 15 is 0 Å². The number of rotatable bonds is 2. The number of hydrogen-bond donors (Lipinski definition) is 1. The van der Waals surface area contributed by atoms with Gasteiger partial charge in [-0.05, 0) is 6.54 Å². The Morgan fingerprint density at radius 1 is 1.42 bits per heavy atom. The third-order valence-corrected chi connectivity index (χ3v) is 2.35. The maximum absolute atomic E-state index is 3.35. The highest BCUT2D eigenvalue weighted by Gasteiger charge is 2.06. The lowest BCUT2D eigenvalue weighted by Crippen LogP contribution is -2.42. The van der Waals surface area contributed by atoms with Crippen LogP contribution in [0.25, 0.3) is 0 Å². The summed E-state index contributed by atoms with van der Waals surface area (Å²) in [5, 5.41) is 3.35. The van der Waals surface area contributed by atoms with Crippen molar-refractivity contribution in [1.82, 2.24) is 10.2 Å². The summed E-state index contributed by atoms with van der Waals surface area (Å²) in [6, 6.07) is 8.61. The van der Waals surface area contributed by atoms with Gasteiger partial charge in [-0.1, -0.05) is 0 Å². The molecule has 0 aliphatic carbocycles. The quantitative estimate of drug-likeness (QED) is 0.649. The fraction of sp³-hybridized carbons (Fsp3) is 0.500. The predicted octanol–water partition coefficient (Wildman–Crippen LogP) is 0.811. The van der Waals surface area contributed by atoms with E-state index in [4.69, 9.17) is 0 Å². The summed E-state index contributed by atoms with van der Waals surface area (Å²) in [4.78, 5) is 2.49. The highest BCUT2D eigenvalue weighted by Crippen LogP contribution is 2.05. The van der Waals surface area contributed by atoms with Gasteiger partial charge >= 0.3 is 0 Å². The van der Waals surface area contributed by atoms with Gasteiger partial charge in [0.05, 0.1) is 0 Å². The predicted molar refractivity (Wildman–Crippen MR) is 50.2 cm³/mol. The molecule has 0 radical (unpaired) electrons. The van der Waals surface area contributed by atoms with Crippen molar-refractivity contribution in [1.29, 1.82) is 0 Å². The van der Waals surface area contributed by atoms with Gasteiger partial charge in [-0.2, -0.15) is 23.8 Å². The van der Waals surface area contributed by atoms with Crippen LogP contribution in [0.5, 0.6) is 0 Å². The fourth-order valence-electron chi connectivity index (χ4n) is 1.65. The van der Waals surface area contributed by atoms with Crippen molar-refractivity contribution < 1.29 is 0 Å². The largest absolute Gasteiger partial charge is 0.314 e. The van der Waals surface area contributed by atoms with E-state index in [1.807, 2.05) is 0 Å². The van der Waals surface area contributed by atoms with Crippen LogP contribution in [0.15, 0.2) is 24.3 Å². The van der Waals surface area contributed by atoms with E-state index in [1.165, 1.54) is 18.7 Å². The molecule has 1 heterocycles. The average Bonchev–Trinajstić information content (AvgIpc) is 2.59. The third kappa shape index (κ3) is 1.90. The van der Waals surface area contributed by atoms with E-state index in [2.05, 4.69) is 34.5 Å². The minimum atomic E-state index is 1.12. The van der Waals surface area contributed by atoms with Crippen LogP contribution < -0.4 is 5.32 Å². The van der Waals surface area contributed by atoms with Crippen molar-refractivity contribution in [2.24, 2.45) is 0 Å². The second-order valence-electron chi connectivity index (χ2n) is 3.32. The summed E-state index contributed by atoms with van der Waals surface area (Å²) in [6.45, 7) is 5.77. The fourth-order valence-corrected chi connectivity index (χ4v) is 1.65. The van der Waals surface area contributed by atoms with Crippen LogP contribution in [0.2, 0.25) is 0 Å². The lowest BCUT2D eigenvalue weighted by atomic mass is 10.3. The van der Waals surface area contributed by atoms with Crippen LogP contribution in [0, 0.1) is 0 Å². The van der Waals surface area contributed by atoms with Crippen LogP contribution in [-0.2, 0) is 6.54 Å². The lowest BCUT2D eigenvalue weighted by Gasteiger charge is -2.28. The van der Waals surface area contributed by atoms with Gasteiger partial charge < -0.3 is 10.2 Å². The molecule has 0 aromatic heterocycles. The molecule has 1 saturated heterocycles. The summed E-state index contributed by atoms with van der Waals surface area (Å²) in [5.41, 5.74) is 1.44. The highest BCUT2D eigenvalue weighted by molar-refractivity contribution is 5.15. The molecule has 12 heavy (non-hydrogen) atoms. The standard InChI is InChI=1S/C10H15N2/c1-2-4-10(3-1)9-12-7-5-11-6-8-12/h1-4,11H,5-9H2/q-1. The molecule has 0 saturated carbocycles. The van der Waals surface area contributed by atoms with Crippen molar-refractivity contribution in [3.05, 3.63) is 29.8 Å². The summed E-state index contributed by atoms with van der Waals surface area (Å²) in [5.74, 6) is 0. The minimum Gasteiger partial charge on any atom is -0.314 e. The van der Waals surface area contributed by atoms with Crippen LogP contribution >= 0.6 is 0 Å². The molecule has 0 bridgehead atoms. The van der Waals surface area contributed by atoms with Gasteiger partial charge in [-0.3, -0.25) is 0 Å². The first-order valence-electron chi connectivity index (χ1n) is 4.59. The van der Waals surface area contributed by atoms with Crippen LogP contribution in [-0.4, -0.2) is 31.1 Å². The molecule has 2 nitrogen and oxygen atoms in total. The molecule has 1 fully saturated rings. The third-order valence-electron chi connectivity index (χ3n) is 2.35. The molecule has 0 spiro atoms. The molecule has 2 heteroatoms. The Hall–Kier alpha value is -0.730. The zero-order valence-corrected chi connectivity index (χ0v) is 7.29. The first-order chi connectivity index (χ1) is 5.95. The molecule has 0 unspecified atom stereocenters. The molecular formula is C10H15N2-. The summed E-state index contributed by atoms with van der Waals surface area (Å²) >= 11 is 0. The van der Waals surface area contributed by atoms with E-state index in [-0.39, 0.29) is 0 Å². The normalized spacial score (nSPS) is 19.7. The van der Waals surface area contributed by atoms with Gasteiger partial charge in [0.15, 0.2) is 0 Å². The molecule has 2 rings (SSSR count). The Labute approximate surface area is 73.5 Å². The second kappa shape index (κ2) is 3.78. The van der Waals surface area contributed by atoms with E-state index in [1.54, 1.807) is 0 Å². The Morgan fingerprint density at radius 2 is 2.25 bits per heavy atom. The molecule has 0 atom stereocenters. The van der Waals surface area contributed by atoms with Gasteiger partial charge in [0.25, 0.3) is 0 Å². The zero-order chi connectivity index (χ0) is 8.23. The Morgan fingerprint density at radius 3 is 2.92 bits per heavy atom. The summed E-state index contributed by atoms with van der Waals surface area (Å²) in [6.07, 6.45) is 0. The first kappa shape index (κ1) is 7.90. The van der Waals surface area contributed by atoms with Gasteiger partial charge in [0.1, 0.15) is 0 Å². The molecule has 1 N–H and O–H groups in total. The SMILES string of the molecule is c1cc(CN2CCNCC2)c[cH-]1. The molecular weight excluding hydrogens is 148 g/mol. The maximum atomic E-state index is 3.35. The van der Waals surface area contributed by atoms with Crippen molar-refractivity contribution in [2.45, 2.75) is 6.54 Å². The van der Waals surface area contributed by atoms with Gasteiger partial charge in [-0.25, -0.2) is 6.07 Å².